The van der Waals surface area contributed by atoms with Crippen LogP contribution in [0.15, 0.2) is 46.9 Å². The minimum atomic E-state index is -0.197. The number of halogens is 1. The molecule has 2 aromatic carbocycles. The number of rotatable bonds is 8. The third-order valence-electron chi connectivity index (χ3n) is 5.19. The van der Waals surface area contributed by atoms with Gasteiger partial charge < -0.3 is 24.3 Å². The third-order valence-corrected chi connectivity index (χ3v) is 5.81. The van der Waals surface area contributed by atoms with E-state index in [4.69, 9.17) is 18.9 Å². The highest BCUT2D eigenvalue weighted by atomic mass is 79.9. The lowest BCUT2D eigenvalue weighted by Crippen LogP contribution is -2.17. The van der Waals surface area contributed by atoms with Gasteiger partial charge >= 0.3 is 0 Å². The first kappa shape index (κ1) is 21.2. The van der Waals surface area contributed by atoms with Gasteiger partial charge in [0.2, 0.25) is 0 Å². The van der Waals surface area contributed by atoms with Crippen LogP contribution in [0, 0.1) is 0 Å². The summed E-state index contributed by atoms with van der Waals surface area (Å²) >= 11 is 3.50. The highest BCUT2D eigenvalue weighted by molar-refractivity contribution is 9.10. The molecule has 160 valence electrons. The summed E-state index contributed by atoms with van der Waals surface area (Å²) in [7, 11) is 0. The van der Waals surface area contributed by atoms with Crippen molar-refractivity contribution in [3.8, 4) is 11.5 Å². The topological polar surface area (TPSA) is 66.0 Å². The van der Waals surface area contributed by atoms with Crippen LogP contribution in [0.4, 0.5) is 5.69 Å². The van der Waals surface area contributed by atoms with Crippen molar-refractivity contribution in [3.05, 3.63) is 52.5 Å². The SMILES string of the molecule is O=C(Nc1cccc(OCC2CCCO2)c1)c1ccc(OCC2CCCO2)c(Br)c1. The first-order valence-corrected chi connectivity index (χ1v) is 11.2. The summed E-state index contributed by atoms with van der Waals surface area (Å²) in [6, 6.07) is 12.7. The Labute approximate surface area is 185 Å². The molecule has 2 heterocycles. The lowest BCUT2D eigenvalue weighted by molar-refractivity contribution is 0.0677. The minimum absolute atomic E-state index is 0.148. The van der Waals surface area contributed by atoms with Crippen molar-refractivity contribution in [2.75, 3.05) is 31.7 Å². The quantitative estimate of drug-likeness (QED) is 0.592. The van der Waals surface area contributed by atoms with Gasteiger partial charge in [-0.15, -0.1) is 0 Å². The largest absolute Gasteiger partial charge is 0.491 e. The molecule has 4 rings (SSSR count). The van der Waals surface area contributed by atoms with E-state index in [1.807, 2.05) is 24.3 Å². The van der Waals surface area contributed by atoms with E-state index in [-0.39, 0.29) is 18.1 Å². The van der Waals surface area contributed by atoms with Crippen LogP contribution in [0.5, 0.6) is 11.5 Å². The maximum atomic E-state index is 12.7. The van der Waals surface area contributed by atoms with Gasteiger partial charge in [0.15, 0.2) is 0 Å². The Morgan fingerprint density at radius 2 is 1.73 bits per heavy atom. The maximum Gasteiger partial charge on any atom is 0.255 e. The molecule has 6 nitrogen and oxygen atoms in total. The van der Waals surface area contributed by atoms with Gasteiger partial charge in [0.1, 0.15) is 24.7 Å². The molecule has 0 saturated carbocycles. The Morgan fingerprint density at radius 3 is 2.40 bits per heavy atom. The van der Waals surface area contributed by atoms with E-state index < -0.39 is 0 Å². The molecular weight excluding hydrogens is 450 g/mol. The molecule has 30 heavy (non-hydrogen) atoms. The van der Waals surface area contributed by atoms with Crippen LogP contribution >= 0.6 is 15.9 Å². The van der Waals surface area contributed by atoms with Crippen molar-refractivity contribution in [1.82, 2.24) is 0 Å². The van der Waals surface area contributed by atoms with Crippen LogP contribution < -0.4 is 14.8 Å². The van der Waals surface area contributed by atoms with Crippen LogP contribution in [0.2, 0.25) is 0 Å². The van der Waals surface area contributed by atoms with Crippen LogP contribution in [0.1, 0.15) is 36.0 Å². The highest BCUT2D eigenvalue weighted by Crippen LogP contribution is 2.28. The van der Waals surface area contributed by atoms with Gasteiger partial charge in [-0.2, -0.15) is 0 Å². The van der Waals surface area contributed by atoms with E-state index >= 15 is 0 Å². The molecule has 1 amide bonds. The van der Waals surface area contributed by atoms with Gasteiger partial charge in [-0.25, -0.2) is 0 Å². The van der Waals surface area contributed by atoms with Crippen LogP contribution in [-0.2, 0) is 9.47 Å². The highest BCUT2D eigenvalue weighted by Gasteiger charge is 2.18. The summed E-state index contributed by atoms with van der Waals surface area (Å²) in [5.74, 6) is 1.21. The van der Waals surface area contributed by atoms with E-state index in [2.05, 4.69) is 21.2 Å². The summed E-state index contributed by atoms with van der Waals surface area (Å²) < 4.78 is 23.5. The smallest absolute Gasteiger partial charge is 0.255 e. The molecule has 2 aliphatic rings. The number of nitrogens with one attached hydrogen (secondary N) is 1. The molecule has 2 aromatic rings. The lowest BCUT2D eigenvalue weighted by atomic mass is 10.2. The Morgan fingerprint density at radius 1 is 1.00 bits per heavy atom. The first-order chi connectivity index (χ1) is 14.7. The predicted molar refractivity (Wildman–Crippen MR) is 117 cm³/mol. The summed E-state index contributed by atoms with van der Waals surface area (Å²) in [5.41, 5.74) is 1.22. The fourth-order valence-corrected chi connectivity index (χ4v) is 4.04. The first-order valence-electron chi connectivity index (χ1n) is 10.4. The molecule has 2 saturated heterocycles. The van der Waals surface area contributed by atoms with Crippen LogP contribution in [0.25, 0.3) is 0 Å². The molecule has 2 aliphatic heterocycles. The predicted octanol–water partition coefficient (Wildman–Crippen LogP) is 4.82. The molecule has 0 bridgehead atoms. The van der Waals surface area contributed by atoms with E-state index in [9.17, 15) is 4.79 Å². The van der Waals surface area contributed by atoms with Crippen molar-refractivity contribution in [2.45, 2.75) is 37.9 Å². The molecule has 2 atom stereocenters. The third kappa shape index (κ3) is 5.74. The number of anilines is 1. The minimum Gasteiger partial charge on any atom is -0.491 e. The molecule has 7 heteroatoms. The van der Waals surface area contributed by atoms with Gasteiger partial charge in [-0.05, 0) is 71.9 Å². The fraction of sp³-hybridized carbons (Fsp3) is 0.435. The second kappa shape index (κ2) is 10.3. The molecule has 0 radical (unpaired) electrons. The second-order valence-corrected chi connectivity index (χ2v) is 8.37. The van der Waals surface area contributed by atoms with Gasteiger partial charge in [0.25, 0.3) is 5.91 Å². The number of benzene rings is 2. The Hall–Kier alpha value is -2.09. The molecular formula is C23H26BrNO5. The summed E-state index contributed by atoms with van der Waals surface area (Å²) in [6.45, 7) is 2.65. The molecule has 0 aliphatic carbocycles. The number of amides is 1. The number of hydrogen-bond acceptors (Lipinski definition) is 5. The Kier molecular flexibility index (Phi) is 7.25. The normalized spacial score (nSPS) is 20.8. The molecule has 1 N–H and O–H groups in total. The van der Waals surface area contributed by atoms with Crippen molar-refractivity contribution in [1.29, 1.82) is 0 Å². The average molecular weight is 476 g/mol. The zero-order chi connectivity index (χ0) is 20.8. The van der Waals surface area contributed by atoms with Crippen LogP contribution in [0.3, 0.4) is 0 Å². The van der Waals surface area contributed by atoms with E-state index in [0.717, 1.165) is 43.4 Å². The number of ether oxygens (including phenoxy) is 4. The van der Waals surface area contributed by atoms with Gasteiger partial charge in [-0.1, -0.05) is 6.07 Å². The van der Waals surface area contributed by atoms with Crippen molar-refractivity contribution < 1.29 is 23.7 Å². The molecule has 0 aromatic heterocycles. The van der Waals surface area contributed by atoms with Gasteiger partial charge in [-0.3, -0.25) is 4.79 Å². The second-order valence-electron chi connectivity index (χ2n) is 7.52. The Balaban J connectivity index is 1.32. The van der Waals surface area contributed by atoms with Crippen LogP contribution in [-0.4, -0.2) is 44.5 Å². The van der Waals surface area contributed by atoms with Crippen molar-refractivity contribution in [2.24, 2.45) is 0 Å². The monoisotopic (exact) mass is 475 g/mol. The van der Waals surface area contributed by atoms with E-state index in [1.165, 1.54) is 0 Å². The molecule has 2 unspecified atom stereocenters. The van der Waals surface area contributed by atoms with Gasteiger partial charge in [0.05, 0.1) is 16.7 Å². The standard InChI is InChI=1S/C23H26BrNO5/c24-21-12-16(8-9-22(21)30-15-20-7-3-11-28-20)23(26)25-17-4-1-5-18(13-17)29-14-19-6-2-10-27-19/h1,4-5,8-9,12-13,19-20H,2-3,6-7,10-11,14-15H2,(H,25,26). The fourth-order valence-electron chi connectivity index (χ4n) is 3.55. The van der Waals surface area contributed by atoms with Gasteiger partial charge in [0, 0.05) is 30.5 Å². The van der Waals surface area contributed by atoms with Crippen molar-refractivity contribution in [3.63, 3.8) is 0 Å². The molecule has 2 fully saturated rings. The summed E-state index contributed by atoms with van der Waals surface area (Å²) in [4.78, 5) is 12.7. The lowest BCUT2D eigenvalue weighted by Gasteiger charge is -2.14. The summed E-state index contributed by atoms with van der Waals surface area (Å²) in [6.07, 6.45) is 4.51. The number of carbonyl (C=O) groups is 1. The zero-order valence-electron chi connectivity index (χ0n) is 16.8. The zero-order valence-corrected chi connectivity index (χ0v) is 18.4. The average Bonchev–Trinajstić information content (AvgIpc) is 3.46. The summed E-state index contributed by atoms with van der Waals surface area (Å²) in [5, 5.41) is 2.92. The van der Waals surface area contributed by atoms with E-state index in [0.29, 0.717) is 36.0 Å². The molecule has 0 spiro atoms. The number of hydrogen-bond donors (Lipinski definition) is 1. The van der Waals surface area contributed by atoms with Crippen molar-refractivity contribution >= 4 is 27.5 Å². The number of carbonyl (C=O) groups excluding carboxylic acids is 1. The Bertz CT molecular complexity index is 862. The maximum absolute atomic E-state index is 12.7. The van der Waals surface area contributed by atoms with E-state index in [1.54, 1.807) is 18.2 Å².